The number of benzene rings is 1. The van der Waals surface area contributed by atoms with E-state index in [-0.39, 0.29) is 11.6 Å². The van der Waals surface area contributed by atoms with Gasteiger partial charge < -0.3 is 5.32 Å². The van der Waals surface area contributed by atoms with Gasteiger partial charge in [-0.2, -0.15) is 18.3 Å². The first-order valence-corrected chi connectivity index (χ1v) is 8.26. The van der Waals surface area contributed by atoms with E-state index in [0.717, 1.165) is 17.7 Å². The van der Waals surface area contributed by atoms with Gasteiger partial charge in [0.25, 0.3) is 5.91 Å². The van der Waals surface area contributed by atoms with Crippen LogP contribution in [0.15, 0.2) is 42.6 Å². The van der Waals surface area contributed by atoms with Crippen LogP contribution >= 0.6 is 0 Å². The van der Waals surface area contributed by atoms with E-state index in [9.17, 15) is 18.0 Å². The number of fused-ring (bicyclic) bond motifs is 1. The third-order valence-corrected chi connectivity index (χ3v) is 4.22. The van der Waals surface area contributed by atoms with Crippen LogP contribution in [0, 0.1) is 0 Å². The Morgan fingerprint density at radius 2 is 1.93 bits per heavy atom. The summed E-state index contributed by atoms with van der Waals surface area (Å²) in [6.07, 6.45) is -1.94. The summed E-state index contributed by atoms with van der Waals surface area (Å²) in [6, 6.07) is 8.63. The second-order valence-corrected chi connectivity index (χ2v) is 6.19. The molecule has 0 saturated carbocycles. The summed E-state index contributed by atoms with van der Waals surface area (Å²) in [4.78, 5) is 17.3. The van der Waals surface area contributed by atoms with Gasteiger partial charge in [0.1, 0.15) is 0 Å². The lowest BCUT2D eigenvalue weighted by Crippen LogP contribution is -2.31. The Bertz CT molecular complexity index is 1010. The van der Waals surface area contributed by atoms with Crippen molar-refractivity contribution in [2.24, 2.45) is 0 Å². The second-order valence-electron chi connectivity index (χ2n) is 6.19. The Balaban J connectivity index is 1.61. The van der Waals surface area contributed by atoms with Gasteiger partial charge in [0.05, 0.1) is 11.3 Å². The van der Waals surface area contributed by atoms with Crippen LogP contribution in [0.25, 0.3) is 5.82 Å². The number of nitrogens with one attached hydrogen (secondary N) is 1. The number of carbonyl (C=O) groups excluding carboxylic acids is 1. The summed E-state index contributed by atoms with van der Waals surface area (Å²) in [5.41, 5.74) is 1.49. The SMILES string of the molecule is O=C1NCCc2nn(-c3cc(Cc4cccc(C(F)(F)F)c4)ccn3)nc21. The maximum Gasteiger partial charge on any atom is 0.416 e. The first-order valence-electron chi connectivity index (χ1n) is 8.26. The number of aromatic nitrogens is 4. The Morgan fingerprint density at radius 3 is 2.70 bits per heavy atom. The predicted molar refractivity (Wildman–Crippen MR) is 89.4 cm³/mol. The molecule has 0 radical (unpaired) electrons. The van der Waals surface area contributed by atoms with E-state index in [4.69, 9.17) is 0 Å². The number of nitrogens with zero attached hydrogens (tertiary/aromatic N) is 4. The van der Waals surface area contributed by atoms with E-state index in [1.165, 1.54) is 10.9 Å². The Hall–Kier alpha value is -3.23. The second kappa shape index (κ2) is 6.49. The van der Waals surface area contributed by atoms with Crippen LogP contribution in [0.2, 0.25) is 0 Å². The highest BCUT2D eigenvalue weighted by Crippen LogP contribution is 2.30. The lowest BCUT2D eigenvalue weighted by Gasteiger charge is -2.09. The van der Waals surface area contributed by atoms with Gasteiger partial charge >= 0.3 is 6.18 Å². The van der Waals surface area contributed by atoms with Crippen molar-refractivity contribution in [3.05, 3.63) is 70.7 Å². The van der Waals surface area contributed by atoms with E-state index in [1.807, 2.05) is 0 Å². The number of rotatable bonds is 3. The fourth-order valence-corrected chi connectivity index (χ4v) is 2.94. The van der Waals surface area contributed by atoms with Crippen LogP contribution in [-0.4, -0.2) is 32.4 Å². The van der Waals surface area contributed by atoms with Gasteiger partial charge in [-0.05, 0) is 35.7 Å². The van der Waals surface area contributed by atoms with Crippen LogP contribution in [0.5, 0.6) is 0 Å². The van der Waals surface area contributed by atoms with Gasteiger partial charge in [0.2, 0.25) is 0 Å². The highest BCUT2D eigenvalue weighted by molar-refractivity contribution is 5.94. The zero-order valence-electron chi connectivity index (χ0n) is 14.0. The van der Waals surface area contributed by atoms with E-state index in [2.05, 4.69) is 20.5 Å². The molecule has 1 N–H and O–H groups in total. The zero-order valence-corrected chi connectivity index (χ0v) is 14.0. The normalized spacial score (nSPS) is 14.0. The molecule has 0 saturated heterocycles. The molecule has 138 valence electrons. The number of hydrogen-bond donors (Lipinski definition) is 1. The number of carbonyl (C=O) groups is 1. The summed E-state index contributed by atoms with van der Waals surface area (Å²) in [7, 11) is 0. The fraction of sp³-hybridized carbons (Fsp3) is 0.222. The van der Waals surface area contributed by atoms with Gasteiger partial charge in [-0.25, -0.2) is 4.98 Å². The van der Waals surface area contributed by atoms with Crippen molar-refractivity contribution in [3.8, 4) is 5.82 Å². The van der Waals surface area contributed by atoms with Gasteiger partial charge in [0.15, 0.2) is 11.5 Å². The van der Waals surface area contributed by atoms with Crippen molar-refractivity contribution in [1.82, 2.24) is 25.3 Å². The average molecular weight is 373 g/mol. The van der Waals surface area contributed by atoms with Crippen LogP contribution in [0.1, 0.15) is 32.9 Å². The maximum absolute atomic E-state index is 12.9. The molecule has 27 heavy (non-hydrogen) atoms. The number of pyridine rings is 1. The molecule has 1 aromatic carbocycles. The van der Waals surface area contributed by atoms with E-state index < -0.39 is 11.7 Å². The molecule has 4 rings (SSSR count). The van der Waals surface area contributed by atoms with Crippen molar-refractivity contribution in [2.75, 3.05) is 6.54 Å². The molecule has 0 bridgehead atoms. The molecule has 0 fully saturated rings. The van der Waals surface area contributed by atoms with Crippen LogP contribution < -0.4 is 5.32 Å². The Labute approximate surface area is 152 Å². The maximum atomic E-state index is 12.9. The van der Waals surface area contributed by atoms with Gasteiger partial charge in [-0.1, -0.05) is 18.2 Å². The summed E-state index contributed by atoms with van der Waals surface area (Å²) in [5.74, 6) is 0.129. The van der Waals surface area contributed by atoms with Crippen molar-refractivity contribution in [2.45, 2.75) is 19.0 Å². The zero-order chi connectivity index (χ0) is 19.0. The molecule has 6 nitrogen and oxygen atoms in total. The summed E-state index contributed by atoms with van der Waals surface area (Å²) >= 11 is 0. The van der Waals surface area contributed by atoms with Crippen LogP contribution in [-0.2, 0) is 19.0 Å². The summed E-state index contributed by atoms with van der Waals surface area (Å²) in [5, 5.41) is 11.2. The molecular formula is C18H14F3N5O. The smallest absolute Gasteiger partial charge is 0.350 e. The van der Waals surface area contributed by atoms with Crippen molar-refractivity contribution in [3.63, 3.8) is 0 Å². The highest BCUT2D eigenvalue weighted by Gasteiger charge is 2.30. The fourth-order valence-electron chi connectivity index (χ4n) is 2.94. The largest absolute Gasteiger partial charge is 0.416 e. The van der Waals surface area contributed by atoms with E-state index in [0.29, 0.717) is 36.5 Å². The average Bonchev–Trinajstić information content (AvgIpc) is 3.07. The van der Waals surface area contributed by atoms with Gasteiger partial charge in [-0.15, -0.1) is 9.90 Å². The van der Waals surface area contributed by atoms with Crippen molar-refractivity contribution < 1.29 is 18.0 Å². The minimum absolute atomic E-state index is 0.270. The molecule has 2 aromatic heterocycles. The Kier molecular flexibility index (Phi) is 4.14. The number of halogens is 3. The van der Waals surface area contributed by atoms with Crippen LogP contribution in [0.3, 0.4) is 0 Å². The number of alkyl halides is 3. The molecule has 0 atom stereocenters. The molecule has 0 unspecified atom stereocenters. The van der Waals surface area contributed by atoms with E-state index in [1.54, 1.807) is 24.4 Å². The predicted octanol–water partition coefficient (Wildman–Crippen LogP) is 2.56. The minimum atomic E-state index is -4.38. The molecular weight excluding hydrogens is 359 g/mol. The molecule has 0 spiro atoms. The molecule has 0 aliphatic carbocycles. The standard InChI is InChI=1S/C18H14F3N5O/c19-18(20,21)13-3-1-2-11(9-13)8-12-4-6-22-15(10-12)26-24-14-5-7-23-17(27)16(14)25-26/h1-4,6,9-10H,5,7-8H2,(H,23,27). The quantitative estimate of drug-likeness (QED) is 0.766. The lowest BCUT2D eigenvalue weighted by molar-refractivity contribution is -0.137. The van der Waals surface area contributed by atoms with Gasteiger partial charge in [0, 0.05) is 19.2 Å². The minimum Gasteiger partial charge on any atom is -0.350 e. The van der Waals surface area contributed by atoms with Crippen LogP contribution in [0.4, 0.5) is 13.2 Å². The molecule has 1 aliphatic rings. The first-order chi connectivity index (χ1) is 12.9. The third kappa shape index (κ3) is 3.53. The number of amides is 1. The molecule has 1 amide bonds. The lowest BCUT2D eigenvalue weighted by atomic mass is 10.0. The first kappa shape index (κ1) is 17.2. The molecule has 3 aromatic rings. The highest BCUT2D eigenvalue weighted by atomic mass is 19.4. The molecule has 3 heterocycles. The Morgan fingerprint density at radius 1 is 1.11 bits per heavy atom. The summed E-state index contributed by atoms with van der Waals surface area (Å²) in [6.45, 7) is 0.507. The van der Waals surface area contributed by atoms with Crippen molar-refractivity contribution >= 4 is 5.91 Å². The monoisotopic (exact) mass is 373 g/mol. The topological polar surface area (TPSA) is 72.7 Å². The van der Waals surface area contributed by atoms with Gasteiger partial charge in [-0.3, -0.25) is 4.79 Å². The summed E-state index contributed by atoms with van der Waals surface area (Å²) < 4.78 is 38.6. The van der Waals surface area contributed by atoms with E-state index >= 15 is 0 Å². The number of hydrogen-bond acceptors (Lipinski definition) is 4. The third-order valence-electron chi connectivity index (χ3n) is 4.22. The molecule has 9 heteroatoms. The van der Waals surface area contributed by atoms with Crippen molar-refractivity contribution in [1.29, 1.82) is 0 Å². The molecule has 1 aliphatic heterocycles.